The van der Waals surface area contributed by atoms with Crippen molar-refractivity contribution < 1.29 is 38.2 Å². The average molecular weight is 666 g/mol. The van der Waals surface area contributed by atoms with Crippen LogP contribution in [0.4, 0.5) is 16.2 Å². The molecule has 46 heavy (non-hydrogen) atoms. The van der Waals surface area contributed by atoms with Crippen LogP contribution in [0.2, 0.25) is 5.02 Å². The molecule has 0 aliphatic carbocycles. The van der Waals surface area contributed by atoms with Crippen LogP contribution in [0.5, 0.6) is 11.5 Å². The van der Waals surface area contributed by atoms with Gasteiger partial charge in [0.05, 0.1) is 28.7 Å². The van der Waals surface area contributed by atoms with Crippen LogP contribution in [-0.2, 0) is 19.1 Å². The monoisotopic (exact) mass is 665 g/mol. The van der Waals surface area contributed by atoms with Gasteiger partial charge in [-0.15, -0.1) is 0 Å². The Balaban J connectivity index is 1.40. The molecule has 1 fully saturated rings. The smallest absolute Gasteiger partial charge is 0.339 e. The molecule has 2 N–H and O–H groups in total. The van der Waals surface area contributed by atoms with Crippen LogP contribution in [0.25, 0.3) is 6.08 Å². The van der Waals surface area contributed by atoms with E-state index in [4.69, 9.17) is 25.8 Å². The number of para-hydroxylation sites is 1. The first kappa shape index (κ1) is 34.1. The number of rotatable bonds is 13. The van der Waals surface area contributed by atoms with E-state index in [0.717, 1.165) is 10.5 Å². The van der Waals surface area contributed by atoms with Gasteiger partial charge >= 0.3 is 5.97 Å². The molecule has 1 heterocycles. The molecule has 4 amide bonds. The Morgan fingerprint density at radius 2 is 1.72 bits per heavy atom. The van der Waals surface area contributed by atoms with E-state index in [1.54, 1.807) is 31.2 Å². The summed E-state index contributed by atoms with van der Waals surface area (Å²) in [6.45, 7) is 5.27. The minimum Gasteiger partial charge on any atom is -0.490 e. The third-order valence-corrected chi connectivity index (χ3v) is 7.66. The van der Waals surface area contributed by atoms with Gasteiger partial charge in [0, 0.05) is 11.4 Å². The van der Waals surface area contributed by atoms with Gasteiger partial charge < -0.3 is 24.8 Å². The maximum absolute atomic E-state index is 13.1. The van der Waals surface area contributed by atoms with Crippen LogP contribution in [0.1, 0.15) is 41.8 Å². The predicted molar refractivity (Wildman–Crippen MR) is 176 cm³/mol. The second-order valence-corrected chi connectivity index (χ2v) is 11.3. The van der Waals surface area contributed by atoms with Crippen molar-refractivity contribution in [3.8, 4) is 11.5 Å². The number of thioether (sulfide) groups is 1. The van der Waals surface area contributed by atoms with E-state index in [9.17, 15) is 24.0 Å². The lowest BCUT2D eigenvalue weighted by Gasteiger charge is -2.14. The Bertz CT molecular complexity index is 1690. The van der Waals surface area contributed by atoms with E-state index in [1.165, 1.54) is 24.3 Å². The number of esters is 1. The lowest BCUT2D eigenvalue weighted by molar-refractivity contribution is -0.127. The summed E-state index contributed by atoms with van der Waals surface area (Å²) >= 11 is 6.81. The molecule has 3 aromatic rings. The van der Waals surface area contributed by atoms with E-state index in [0.29, 0.717) is 47.5 Å². The first-order valence-corrected chi connectivity index (χ1v) is 15.6. The Labute approximate surface area is 275 Å². The van der Waals surface area contributed by atoms with Crippen molar-refractivity contribution in [1.82, 2.24) is 4.90 Å². The van der Waals surface area contributed by atoms with Crippen LogP contribution >= 0.6 is 23.4 Å². The fourth-order valence-electron chi connectivity index (χ4n) is 4.21. The van der Waals surface area contributed by atoms with Crippen molar-refractivity contribution in [2.24, 2.45) is 0 Å². The van der Waals surface area contributed by atoms with E-state index in [2.05, 4.69) is 10.6 Å². The minimum atomic E-state index is -0.648. The lowest BCUT2D eigenvalue weighted by Crippen LogP contribution is -2.36. The zero-order chi connectivity index (χ0) is 33.2. The second-order valence-electron chi connectivity index (χ2n) is 9.94. The van der Waals surface area contributed by atoms with Gasteiger partial charge in [0.25, 0.3) is 17.1 Å². The summed E-state index contributed by atoms with van der Waals surface area (Å²) in [5, 5.41) is 4.92. The summed E-state index contributed by atoms with van der Waals surface area (Å²) in [6.07, 6.45) is 2.14. The number of halogens is 1. The first-order chi connectivity index (χ1) is 22.1. The molecular formula is C33H32ClN3O8S. The van der Waals surface area contributed by atoms with Gasteiger partial charge in [0.2, 0.25) is 5.91 Å². The molecule has 13 heteroatoms. The highest BCUT2D eigenvalue weighted by atomic mass is 35.5. The second kappa shape index (κ2) is 16.0. The van der Waals surface area contributed by atoms with E-state index < -0.39 is 29.6 Å². The number of aryl methyl sites for hydroxylation is 1. The van der Waals surface area contributed by atoms with Gasteiger partial charge in [0.15, 0.2) is 18.1 Å². The number of hydrogen-bond donors (Lipinski definition) is 2. The molecule has 1 aliphatic rings. The topological polar surface area (TPSA) is 140 Å². The molecule has 240 valence electrons. The largest absolute Gasteiger partial charge is 0.490 e. The van der Waals surface area contributed by atoms with Crippen LogP contribution in [0.3, 0.4) is 0 Å². The molecule has 0 aromatic heterocycles. The molecule has 1 saturated heterocycles. The third kappa shape index (κ3) is 8.89. The number of carbonyl (C=O) groups is 5. The van der Waals surface area contributed by atoms with Crippen molar-refractivity contribution in [3.05, 3.63) is 87.3 Å². The van der Waals surface area contributed by atoms with Crippen molar-refractivity contribution >= 4 is 69.7 Å². The number of imide groups is 1. The molecule has 0 unspecified atom stereocenters. The maximum Gasteiger partial charge on any atom is 0.339 e. The van der Waals surface area contributed by atoms with Crippen molar-refractivity contribution in [3.63, 3.8) is 0 Å². The highest BCUT2D eigenvalue weighted by Crippen LogP contribution is 2.35. The maximum atomic E-state index is 13.1. The highest BCUT2D eigenvalue weighted by Gasteiger charge is 2.36. The highest BCUT2D eigenvalue weighted by molar-refractivity contribution is 8.18. The number of amides is 4. The van der Waals surface area contributed by atoms with Crippen molar-refractivity contribution in [2.45, 2.75) is 27.2 Å². The number of ether oxygens (including phenoxy) is 3. The van der Waals surface area contributed by atoms with Gasteiger partial charge in [-0.2, -0.15) is 0 Å². The number of carbonyl (C=O) groups excluding carboxylic acids is 5. The summed E-state index contributed by atoms with van der Waals surface area (Å²) in [6, 6.07) is 16.6. The van der Waals surface area contributed by atoms with Crippen LogP contribution < -0.4 is 20.1 Å². The van der Waals surface area contributed by atoms with Gasteiger partial charge in [0.1, 0.15) is 6.54 Å². The quantitative estimate of drug-likeness (QED) is 0.159. The van der Waals surface area contributed by atoms with Gasteiger partial charge in [-0.1, -0.05) is 42.8 Å². The number of anilines is 2. The van der Waals surface area contributed by atoms with E-state index >= 15 is 0 Å². The predicted octanol–water partition coefficient (Wildman–Crippen LogP) is 6.31. The standard InChI is InChI=1S/C33H32ClN3O8S/c1-4-14-44-32(41)23-17-22(11-12-24(23)34)35-29(38)18-37-31(40)28(46-33(37)42)16-21-10-13-26(27(15-21)43-5-2)45-19-30(39)36-25-9-7-6-8-20(25)3/h6-13,15-17H,4-5,14,18-19H2,1-3H3,(H,35,38)(H,36,39)/b28-16-. The van der Waals surface area contributed by atoms with Gasteiger partial charge in [-0.25, -0.2) is 4.79 Å². The Hall–Kier alpha value is -4.81. The molecular weight excluding hydrogens is 634 g/mol. The van der Waals surface area contributed by atoms with Crippen molar-refractivity contribution in [1.29, 1.82) is 0 Å². The molecule has 0 atom stereocenters. The Morgan fingerprint density at radius 1 is 0.935 bits per heavy atom. The van der Waals surface area contributed by atoms with Crippen molar-refractivity contribution in [2.75, 3.05) is 37.0 Å². The fourth-order valence-corrected chi connectivity index (χ4v) is 5.24. The summed E-state index contributed by atoms with van der Waals surface area (Å²) in [5.41, 5.74) is 2.47. The summed E-state index contributed by atoms with van der Waals surface area (Å²) < 4.78 is 16.5. The number of nitrogens with zero attached hydrogens (tertiary/aromatic N) is 1. The van der Waals surface area contributed by atoms with Gasteiger partial charge in [-0.3, -0.25) is 24.1 Å². The van der Waals surface area contributed by atoms with Crippen LogP contribution in [-0.4, -0.2) is 60.2 Å². The number of benzene rings is 3. The molecule has 0 saturated carbocycles. The molecule has 0 spiro atoms. The fraction of sp³-hybridized carbons (Fsp3) is 0.242. The average Bonchev–Trinajstić information content (AvgIpc) is 3.28. The lowest BCUT2D eigenvalue weighted by atomic mass is 10.2. The molecule has 0 bridgehead atoms. The van der Waals surface area contributed by atoms with Crippen LogP contribution in [0, 0.1) is 6.92 Å². The van der Waals surface area contributed by atoms with E-state index in [-0.39, 0.29) is 40.3 Å². The first-order valence-electron chi connectivity index (χ1n) is 14.4. The molecule has 1 aliphatic heterocycles. The molecule has 11 nitrogen and oxygen atoms in total. The summed E-state index contributed by atoms with van der Waals surface area (Å²) in [5.74, 6) is -1.59. The summed E-state index contributed by atoms with van der Waals surface area (Å²) in [4.78, 5) is 64.2. The molecule has 4 rings (SSSR count). The Kier molecular flexibility index (Phi) is 11.8. The minimum absolute atomic E-state index is 0.0791. The molecule has 0 radical (unpaired) electrons. The summed E-state index contributed by atoms with van der Waals surface area (Å²) in [7, 11) is 0. The van der Waals surface area contributed by atoms with E-state index in [1.807, 2.05) is 32.0 Å². The Morgan fingerprint density at radius 3 is 2.46 bits per heavy atom. The third-order valence-electron chi connectivity index (χ3n) is 6.43. The zero-order valence-corrected chi connectivity index (χ0v) is 27.0. The van der Waals surface area contributed by atoms with Gasteiger partial charge in [-0.05, 0) is 85.6 Å². The number of hydrogen-bond acceptors (Lipinski definition) is 9. The SMILES string of the molecule is CCCOC(=O)c1cc(NC(=O)CN2C(=O)S/C(=C\c3ccc(OCC(=O)Nc4ccccc4C)c(OCC)c3)C2=O)ccc1Cl. The zero-order valence-electron chi connectivity index (χ0n) is 25.4. The molecule has 3 aromatic carbocycles. The number of nitrogens with one attached hydrogen (secondary N) is 2. The van der Waals surface area contributed by atoms with Crippen LogP contribution in [0.15, 0.2) is 65.6 Å². The normalized spacial score (nSPS) is 13.5.